The molecule has 11 heavy (non-hydrogen) atoms. The van der Waals surface area contributed by atoms with Gasteiger partial charge in [-0.05, 0) is 0 Å². The van der Waals surface area contributed by atoms with Crippen molar-refractivity contribution in [1.82, 2.24) is 15.5 Å². The van der Waals surface area contributed by atoms with Crippen molar-refractivity contribution >= 4 is 16.5 Å². The first kappa shape index (κ1) is 7.00. The molecular formula is C6H10N4S. The van der Waals surface area contributed by atoms with Gasteiger partial charge in [0.25, 0.3) is 0 Å². The maximum atomic E-state index is 3.99. The number of likely N-dealkylation sites (N-methyl/N-ethyl adjacent to an activating group) is 1. The average Bonchev–Trinajstić information content (AvgIpc) is 2.32. The van der Waals surface area contributed by atoms with Crippen LogP contribution in [0.2, 0.25) is 0 Å². The Bertz CT molecular complexity index is 218. The molecule has 2 rings (SSSR count). The van der Waals surface area contributed by atoms with Crippen LogP contribution < -0.4 is 10.2 Å². The van der Waals surface area contributed by atoms with Crippen molar-refractivity contribution in [3.63, 3.8) is 0 Å². The molecule has 2 heterocycles. The van der Waals surface area contributed by atoms with Crippen LogP contribution >= 0.6 is 11.3 Å². The van der Waals surface area contributed by atoms with E-state index in [1.54, 1.807) is 16.8 Å². The van der Waals surface area contributed by atoms with Crippen LogP contribution in [0.3, 0.4) is 0 Å². The summed E-state index contributed by atoms with van der Waals surface area (Å²) in [5, 5.41) is 12.0. The van der Waals surface area contributed by atoms with Gasteiger partial charge < -0.3 is 10.2 Å². The highest BCUT2D eigenvalue weighted by Gasteiger charge is 2.22. The van der Waals surface area contributed by atoms with Crippen molar-refractivity contribution in [3.05, 3.63) is 5.51 Å². The van der Waals surface area contributed by atoms with Crippen LogP contribution in [0, 0.1) is 0 Å². The fourth-order valence-corrected chi connectivity index (χ4v) is 1.62. The van der Waals surface area contributed by atoms with Gasteiger partial charge in [-0.15, -0.1) is 10.2 Å². The minimum atomic E-state index is 0.614. The van der Waals surface area contributed by atoms with E-state index in [-0.39, 0.29) is 0 Å². The molecule has 4 nitrogen and oxygen atoms in total. The lowest BCUT2D eigenvalue weighted by Crippen LogP contribution is -2.56. The van der Waals surface area contributed by atoms with Gasteiger partial charge in [-0.3, -0.25) is 0 Å². The van der Waals surface area contributed by atoms with E-state index in [2.05, 4.69) is 27.5 Å². The Labute approximate surface area is 69.2 Å². The molecule has 0 unspecified atom stereocenters. The summed E-state index contributed by atoms with van der Waals surface area (Å²) < 4.78 is 0. The fraction of sp³-hybridized carbons (Fsp3) is 0.667. The van der Waals surface area contributed by atoms with Crippen molar-refractivity contribution in [3.8, 4) is 0 Å². The second-order valence-corrected chi connectivity index (χ2v) is 3.46. The minimum absolute atomic E-state index is 0.614. The molecule has 0 radical (unpaired) electrons. The second-order valence-electron chi connectivity index (χ2n) is 2.64. The van der Waals surface area contributed by atoms with Crippen LogP contribution in [0.25, 0.3) is 0 Å². The molecule has 0 aromatic carbocycles. The Morgan fingerprint density at radius 2 is 2.55 bits per heavy atom. The standard InChI is InChI=1S/C6H10N4S/c1-10(5-2-7-3-5)6-9-8-4-11-6/h4-5,7H,2-3H2,1H3. The predicted molar refractivity (Wildman–Crippen MR) is 45.0 cm³/mol. The molecule has 1 N–H and O–H groups in total. The number of hydrogen-bond donors (Lipinski definition) is 1. The van der Waals surface area contributed by atoms with E-state index in [1.165, 1.54) is 0 Å². The van der Waals surface area contributed by atoms with E-state index in [9.17, 15) is 0 Å². The number of hydrogen-bond acceptors (Lipinski definition) is 5. The molecule has 0 saturated carbocycles. The van der Waals surface area contributed by atoms with E-state index in [0.717, 1.165) is 18.2 Å². The predicted octanol–water partition coefficient (Wildman–Crippen LogP) is -0.0539. The zero-order valence-electron chi connectivity index (χ0n) is 6.32. The molecule has 1 aliphatic heterocycles. The molecule has 1 aliphatic rings. The lowest BCUT2D eigenvalue weighted by atomic mass is 10.2. The molecule has 0 bridgehead atoms. The van der Waals surface area contributed by atoms with Gasteiger partial charge >= 0.3 is 0 Å². The Kier molecular flexibility index (Phi) is 1.75. The Balaban J connectivity index is 2.04. The van der Waals surface area contributed by atoms with E-state index >= 15 is 0 Å². The minimum Gasteiger partial charge on any atom is -0.344 e. The van der Waals surface area contributed by atoms with Crippen molar-refractivity contribution in [2.45, 2.75) is 6.04 Å². The normalized spacial score (nSPS) is 17.9. The third-order valence-corrected chi connectivity index (χ3v) is 2.74. The average molecular weight is 170 g/mol. The first-order chi connectivity index (χ1) is 5.38. The lowest BCUT2D eigenvalue weighted by Gasteiger charge is -2.34. The Morgan fingerprint density at radius 1 is 1.73 bits per heavy atom. The monoisotopic (exact) mass is 170 g/mol. The maximum Gasteiger partial charge on any atom is 0.208 e. The van der Waals surface area contributed by atoms with Gasteiger partial charge in [-0.2, -0.15) is 0 Å². The van der Waals surface area contributed by atoms with Crippen molar-refractivity contribution < 1.29 is 0 Å². The van der Waals surface area contributed by atoms with Gasteiger partial charge in [-0.1, -0.05) is 11.3 Å². The zero-order chi connectivity index (χ0) is 7.68. The molecule has 0 amide bonds. The van der Waals surface area contributed by atoms with Crippen LogP contribution in [0.5, 0.6) is 0 Å². The number of anilines is 1. The summed E-state index contributed by atoms with van der Waals surface area (Å²) in [7, 11) is 2.06. The Morgan fingerprint density at radius 3 is 3.00 bits per heavy atom. The highest BCUT2D eigenvalue weighted by atomic mass is 32.1. The quantitative estimate of drug-likeness (QED) is 0.675. The van der Waals surface area contributed by atoms with E-state index in [0.29, 0.717) is 6.04 Å². The third-order valence-electron chi connectivity index (χ3n) is 1.96. The molecule has 5 heteroatoms. The van der Waals surface area contributed by atoms with Gasteiger partial charge in [0.05, 0.1) is 6.04 Å². The molecule has 1 fully saturated rings. The summed E-state index contributed by atoms with van der Waals surface area (Å²) in [5.74, 6) is 0. The smallest absolute Gasteiger partial charge is 0.208 e. The molecule has 0 atom stereocenters. The first-order valence-corrected chi connectivity index (χ1v) is 4.45. The van der Waals surface area contributed by atoms with E-state index in [1.807, 2.05) is 0 Å². The van der Waals surface area contributed by atoms with Crippen molar-refractivity contribution in [1.29, 1.82) is 0 Å². The van der Waals surface area contributed by atoms with Gasteiger partial charge in [-0.25, -0.2) is 0 Å². The van der Waals surface area contributed by atoms with Crippen molar-refractivity contribution in [2.24, 2.45) is 0 Å². The highest BCUT2D eigenvalue weighted by molar-refractivity contribution is 7.13. The zero-order valence-corrected chi connectivity index (χ0v) is 7.14. The molecule has 0 spiro atoms. The summed E-state index contributed by atoms with van der Waals surface area (Å²) in [6.45, 7) is 2.13. The number of nitrogens with one attached hydrogen (secondary N) is 1. The highest BCUT2D eigenvalue weighted by Crippen LogP contribution is 2.17. The van der Waals surface area contributed by atoms with Gasteiger partial charge in [0.15, 0.2) is 0 Å². The third kappa shape index (κ3) is 1.21. The molecule has 60 valence electrons. The van der Waals surface area contributed by atoms with E-state index in [4.69, 9.17) is 0 Å². The molecule has 0 aliphatic carbocycles. The van der Waals surface area contributed by atoms with E-state index < -0.39 is 0 Å². The SMILES string of the molecule is CN(c1nncs1)C1CNC1. The molecule has 1 aromatic rings. The molecule has 1 aromatic heterocycles. The first-order valence-electron chi connectivity index (χ1n) is 3.57. The Hall–Kier alpha value is -0.680. The number of nitrogens with zero attached hydrogens (tertiary/aromatic N) is 3. The molecule has 1 saturated heterocycles. The maximum absolute atomic E-state index is 3.99. The fourth-order valence-electron chi connectivity index (χ4n) is 1.02. The van der Waals surface area contributed by atoms with Gasteiger partial charge in [0, 0.05) is 20.1 Å². The van der Waals surface area contributed by atoms with Gasteiger partial charge in [0.1, 0.15) is 5.51 Å². The summed E-state index contributed by atoms with van der Waals surface area (Å²) in [6.07, 6.45) is 0. The molecular weight excluding hydrogens is 160 g/mol. The van der Waals surface area contributed by atoms with Crippen LogP contribution in [0.15, 0.2) is 5.51 Å². The summed E-state index contributed by atoms with van der Waals surface area (Å²) >= 11 is 1.58. The largest absolute Gasteiger partial charge is 0.344 e. The topological polar surface area (TPSA) is 41.1 Å². The summed E-state index contributed by atoms with van der Waals surface area (Å²) in [6, 6.07) is 0.614. The lowest BCUT2D eigenvalue weighted by molar-refractivity contribution is 0.428. The second kappa shape index (κ2) is 2.75. The van der Waals surface area contributed by atoms with Crippen LogP contribution in [0.1, 0.15) is 0 Å². The summed E-state index contributed by atoms with van der Waals surface area (Å²) in [4.78, 5) is 2.17. The number of aromatic nitrogens is 2. The van der Waals surface area contributed by atoms with Crippen molar-refractivity contribution in [2.75, 3.05) is 25.0 Å². The van der Waals surface area contributed by atoms with Crippen LogP contribution in [0.4, 0.5) is 5.13 Å². The number of rotatable bonds is 2. The summed E-state index contributed by atoms with van der Waals surface area (Å²) in [5.41, 5.74) is 1.76. The van der Waals surface area contributed by atoms with Crippen LogP contribution in [-0.4, -0.2) is 36.4 Å². The van der Waals surface area contributed by atoms with Gasteiger partial charge in [0.2, 0.25) is 5.13 Å². The van der Waals surface area contributed by atoms with Crippen LogP contribution in [-0.2, 0) is 0 Å².